The van der Waals surface area contributed by atoms with Gasteiger partial charge in [-0.25, -0.2) is 27.9 Å². The van der Waals surface area contributed by atoms with E-state index in [9.17, 15) is 17.4 Å². The fourth-order valence-corrected chi connectivity index (χ4v) is 3.48. The highest BCUT2D eigenvalue weighted by Gasteiger charge is 2.24. The van der Waals surface area contributed by atoms with Gasteiger partial charge in [0.25, 0.3) is 10.0 Å². The monoisotopic (exact) mass is 411 g/mol. The molecule has 0 fully saturated rings. The van der Waals surface area contributed by atoms with E-state index in [1.807, 2.05) is 17.7 Å². The van der Waals surface area contributed by atoms with Crippen LogP contribution in [0, 0.1) is 6.92 Å². The van der Waals surface area contributed by atoms with E-state index in [1.165, 1.54) is 6.26 Å². The molecule has 0 radical (unpaired) electrons. The Hall–Kier alpha value is -2.53. The van der Waals surface area contributed by atoms with Crippen LogP contribution in [0.2, 0.25) is 0 Å². The van der Waals surface area contributed by atoms with Gasteiger partial charge < -0.3 is 10.6 Å². The number of hydrogen-bond acceptors (Lipinski definition) is 7. The Bertz CT molecular complexity index is 977. The summed E-state index contributed by atoms with van der Waals surface area (Å²) in [5.74, 6) is -0.0781. The van der Waals surface area contributed by atoms with Gasteiger partial charge in [0.2, 0.25) is 5.16 Å². The van der Waals surface area contributed by atoms with Crippen molar-refractivity contribution in [3.63, 3.8) is 0 Å². The van der Waals surface area contributed by atoms with Crippen molar-refractivity contribution in [3.05, 3.63) is 36.0 Å². The molecule has 2 rings (SSSR count). The third-order valence-electron chi connectivity index (χ3n) is 3.21. The molecule has 11 heteroatoms. The second-order valence-corrected chi connectivity index (χ2v) is 8.97. The molecule has 9 nitrogen and oxygen atoms in total. The Kier molecular flexibility index (Phi) is 6.50. The molecule has 0 aliphatic rings. The highest BCUT2D eigenvalue weighted by atomic mass is 32.2. The summed E-state index contributed by atoms with van der Waals surface area (Å²) in [5.41, 5.74) is 1.54. The fraction of sp³-hybridized carbons (Fsp3) is 0.312. The molecule has 0 bridgehead atoms. The van der Waals surface area contributed by atoms with Crippen molar-refractivity contribution in [2.24, 2.45) is 0 Å². The zero-order chi connectivity index (χ0) is 20.2. The standard InChI is InChI=1S/C16H21N5O4S2/c1-10(2)18-15(22)21-27(24,25)13-9-17-16(26(4)23)20-14(13)19-12-7-5-6-11(3)8-12/h5-10H,1-4H3,(H,17,19,20)(H2,18,21,22). The Labute approximate surface area is 160 Å². The van der Waals surface area contributed by atoms with E-state index in [1.54, 1.807) is 32.0 Å². The normalized spacial score (nSPS) is 12.5. The van der Waals surface area contributed by atoms with Crippen LogP contribution in [0.15, 0.2) is 40.5 Å². The third kappa shape index (κ3) is 5.73. The number of amides is 2. The first-order valence-electron chi connectivity index (χ1n) is 7.96. The number of hydrogen-bond donors (Lipinski definition) is 3. The number of urea groups is 1. The minimum atomic E-state index is -4.26. The molecular weight excluding hydrogens is 390 g/mol. The van der Waals surface area contributed by atoms with Gasteiger partial charge in [0.15, 0.2) is 5.82 Å². The van der Waals surface area contributed by atoms with Gasteiger partial charge in [0, 0.05) is 18.0 Å². The van der Waals surface area contributed by atoms with E-state index in [-0.39, 0.29) is 21.9 Å². The summed E-state index contributed by atoms with van der Waals surface area (Å²) in [4.78, 5) is 19.4. The van der Waals surface area contributed by atoms with E-state index < -0.39 is 26.9 Å². The van der Waals surface area contributed by atoms with Crippen LogP contribution >= 0.6 is 0 Å². The molecule has 2 aromatic rings. The zero-order valence-corrected chi connectivity index (χ0v) is 16.9. The molecule has 1 aromatic carbocycles. The Morgan fingerprint density at radius 3 is 2.56 bits per heavy atom. The molecule has 1 atom stereocenters. The number of benzene rings is 1. The summed E-state index contributed by atoms with van der Waals surface area (Å²) in [6.45, 7) is 5.28. The molecule has 27 heavy (non-hydrogen) atoms. The molecule has 1 unspecified atom stereocenters. The van der Waals surface area contributed by atoms with Crippen LogP contribution in [0.5, 0.6) is 0 Å². The number of nitrogens with zero attached hydrogens (tertiary/aromatic N) is 2. The van der Waals surface area contributed by atoms with Crippen molar-refractivity contribution in [3.8, 4) is 0 Å². The van der Waals surface area contributed by atoms with Gasteiger partial charge in [0.05, 0.1) is 17.0 Å². The molecule has 1 heterocycles. The summed E-state index contributed by atoms with van der Waals surface area (Å²) in [5, 5.41) is 5.30. The Morgan fingerprint density at radius 1 is 1.26 bits per heavy atom. The SMILES string of the molecule is Cc1cccc(Nc2nc(S(C)=O)ncc2S(=O)(=O)NC(=O)NC(C)C)c1. The van der Waals surface area contributed by atoms with E-state index in [2.05, 4.69) is 20.6 Å². The van der Waals surface area contributed by atoms with Crippen LogP contribution in [0.4, 0.5) is 16.3 Å². The van der Waals surface area contributed by atoms with Gasteiger partial charge in [-0.3, -0.25) is 4.21 Å². The number of sulfonamides is 1. The maximum Gasteiger partial charge on any atom is 0.328 e. The third-order valence-corrected chi connectivity index (χ3v) is 5.25. The lowest BCUT2D eigenvalue weighted by molar-refractivity contribution is 0.243. The highest BCUT2D eigenvalue weighted by molar-refractivity contribution is 7.90. The largest absolute Gasteiger partial charge is 0.339 e. The van der Waals surface area contributed by atoms with Crippen LogP contribution in [-0.2, 0) is 20.8 Å². The topological polar surface area (TPSA) is 130 Å². The lowest BCUT2D eigenvalue weighted by Crippen LogP contribution is -2.42. The van der Waals surface area contributed by atoms with Gasteiger partial charge in [-0.05, 0) is 38.5 Å². The summed E-state index contributed by atoms with van der Waals surface area (Å²) >= 11 is 0. The smallest absolute Gasteiger partial charge is 0.328 e. The average molecular weight is 412 g/mol. The van der Waals surface area contributed by atoms with Crippen molar-refractivity contribution in [1.29, 1.82) is 0 Å². The summed E-state index contributed by atoms with van der Waals surface area (Å²) in [7, 11) is -5.77. The van der Waals surface area contributed by atoms with Crippen LogP contribution in [0.3, 0.4) is 0 Å². The van der Waals surface area contributed by atoms with Crippen LogP contribution in [-0.4, -0.2) is 40.9 Å². The number of aryl methyl sites for hydroxylation is 1. The minimum absolute atomic E-state index is 0.0317. The second-order valence-electron chi connectivity index (χ2n) is 6.05. The zero-order valence-electron chi connectivity index (χ0n) is 15.3. The first-order chi connectivity index (χ1) is 12.6. The maximum atomic E-state index is 12.6. The number of anilines is 2. The van der Waals surface area contributed by atoms with E-state index in [0.717, 1.165) is 11.8 Å². The number of nitrogens with one attached hydrogen (secondary N) is 3. The van der Waals surface area contributed by atoms with Crippen LogP contribution in [0.25, 0.3) is 0 Å². The van der Waals surface area contributed by atoms with E-state index >= 15 is 0 Å². The van der Waals surface area contributed by atoms with Crippen molar-refractivity contribution in [2.75, 3.05) is 11.6 Å². The Morgan fingerprint density at radius 2 is 1.96 bits per heavy atom. The van der Waals surface area contributed by atoms with Crippen molar-refractivity contribution in [1.82, 2.24) is 20.0 Å². The first kappa shape index (κ1) is 20.8. The Balaban J connectivity index is 2.45. The van der Waals surface area contributed by atoms with Crippen molar-refractivity contribution >= 4 is 38.4 Å². The molecule has 2 amide bonds. The van der Waals surface area contributed by atoms with Gasteiger partial charge in [-0.1, -0.05) is 12.1 Å². The second kappa shape index (κ2) is 8.44. The maximum absolute atomic E-state index is 12.6. The number of aromatic nitrogens is 2. The van der Waals surface area contributed by atoms with E-state index in [4.69, 9.17) is 0 Å². The summed E-state index contributed by atoms with van der Waals surface area (Å²) in [6.07, 6.45) is 2.40. The molecule has 0 saturated carbocycles. The van der Waals surface area contributed by atoms with Crippen molar-refractivity contribution < 1.29 is 17.4 Å². The predicted octanol–water partition coefficient (Wildman–Crippen LogP) is 1.66. The van der Waals surface area contributed by atoms with Gasteiger partial charge in [-0.15, -0.1) is 0 Å². The van der Waals surface area contributed by atoms with E-state index in [0.29, 0.717) is 5.69 Å². The van der Waals surface area contributed by atoms with Gasteiger partial charge in [-0.2, -0.15) is 0 Å². The molecule has 0 spiro atoms. The van der Waals surface area contributed by atoms with Crippen LogP contribution in [0.1, 0.15) is 19.4 Å². The minimum Gasteiger partial charge on any atom is -0.339 e. The summed E-state index contributed by atoms with van der Waals surface area (Å²) < 4.78 is 38.8. The highest BCUT2D eigenvalue weighted by Crippen LogP contribution is 2.23. The quantitative estimate of drug-likeness (QED) is 0.616. The lowest BCUT2D eigenvalue weighted by atomic mass is 10.2. The average Bonchev–Trinajstić information content (AvgIpc) is 2.53. The molecule has 0 aliphatic carbocycles. The molecule has 1 aromatic heterocycles. The first-order valence-corrected chi connectivity index (χ1v) is 11.0. The molecule has 146 valence electrons. The molecule has 0 saturated heterocycles. The van der Waals surface area contributed by atoms with Crippen LogP contribution < -0.4 is 15.4 Å². The number of carbonyl (C=O) groups is 1. The summed E-state index contributed by atoms with van der Waals surface area (Å²) in [6, 6.07) is 6.08. The van der Waals surface area contributed by atoms with Gasteiger partial charge in [0.1, 0.15) is 4.90 Å². The number of rotatable bonds is 6. The fourth-order valence-electron chi connectivity index (χ4n) is 2.11. The molecule has 0 aliphatic heterocycles. The molecule has 3 N–H and O–H groups in total. The molecular formula is C16H21N5O4S2. The number of carbonyl (C=O) groups excluding carboxylic acids is 1. The lowest BCUT2D eigenvalue weighted by Gasteiger charge is -2.14. The van der Waals surface area contributed by atoms with Crippen molar-refractivity contribution in [2.45, 2.75) is 36.9 Å². The van der Waals surface area contributed by atoms with Gasteiger partial charge >= 0.3 is 6.03 Å². The predicted molar refractivity (Wildman–Crippen MR) is 103 cm³/mol.